The first-order valence-corrected chi connectivity index (χ1v) is 5.08. The number of nitrogens with zero attached hydrogens (tertiary/aromatic N) is 5. The molecule has 0 saturated heterocycles. The van der Waals surface area contributed by atoms with Gasteiger partial charge in [-0.3, -0.25) is 0 Å². The van der Waals surface area contributed by atoms with Crippen LogP contribution >= 0.6 is 23.2 Å². The van der Waals surface area contributed by atoms with E-state index in [-0.39, 0.29) is 11.7 Å². The average Bonchev–Trinajstić information content (AvgIpc) is 2.77. The van der Waals surface area contributed by atoms with Crippen molar-refractivity contribution >= 4 is 29.0 Å². The minimum atomic E-state index is -0.200. The van der Waals surface area contributed by atoms with E-state index < -0.39 is 0 Å². The maximum absolute atomic E-state index is 8.47. The predicted octanol–water partition coefficient (Wildman–Crippen LogP) is 1.06. The van der Waals surface area contributed by atoms with Gasteiger partial charge in [0, 0.05) is 6.20 Å². The van der Waals surface area contributed by atoms with Crippen LogP contribution in [0.3, 0.4) is 0 Å². The van der Waals surface area contributed by atoms with Gasteiger partial charge < -0.3 is 10.9 Å². The molecule has 0 aliphatic heterocycles. The van der Waals surface area contributed by atoms with Crippen LogP contribution in [0.2, 0.25) is 10.0 Å². The van der Waals surface area contributed by atoms with E-state index in [9.17, 15) is 0 Å². The minimum absolute atomic E-state index is 0.0697. The van der Waals surface area contributed by atoms with Crippen LogP contribution in [-0.2, 0) is 0 Å². The molecule has 2 rings (SSSR count). The number of oxime groups is 1. The van der Waals surface area contributed by atoms with Crippen molar-refractivity contribution < 1.29 is 5.21 Å². The smallest absolute Gasteiger partial charge is 0.220 e. The monoisotopic (exact) mass is 272 g/mol. The maximum atomic E-state index is 8.47. The molecule has 0 bridgehead atoms. The van der Waals surface area contributed by atoms with Gasteiger partial charge in [0.05, 0.1) is 10.0 Å². The molecule has 3 N–H and O–H groups in total. The maximum Gasteiger partial charge on any atom is 0.220 e. The van der Waals surface area contributed by atoms with Crippen LogP contribution in [-0.4, -0.2) is 30.8 Å². The minimum Gasteiger partial charge on any atom is -0.409 e. The van der Waals surface area contributed by atoms with E-state index in [0.717, 1.165) is 0 Å². The van der Waals surface area contributed by atoms with Crippen molar-refractivity contribution in [1.29, 1.82) is 0 Å². The molecule has 2 aromatic rings. The average molecular weight is 273 g/mol. The lowest BCUT2D eigenvalue weighted by Gasteiger charge is -2.01. The summed E-state index contributed by atoms with van der Waals surface area (Å²) in [5.74, 6) is 0.217. The molecular formula is C8H6Cl2N6O. The lowest BCUT2D eigenvalue weighted by molar-refractivity contribution is 0.318. The highest BCUT2D eigenvalue weighted by molar-refractivity contribution is 6.35. The van der Waals surface area contributed by atoms with Crippen LogP contribution in [0, 0.1) is 0 Å². The van der Waals surface area contributed by atoms with Crippen LogP contribution in [0.15, 0.2) is 23.7 Å². The second kappa shape index (κ2) is 4.56. The van der Waals surface area contributed by atoms with Gasteiger partial charge in [-0.25, -0.2) is 14.6 Å². The van der Waals surface area contributed by atoms with Crippen molar-refractivity contribution in [2.45, 2.75) is 0 Å². The highest BCUT2D eigenvalue weighted by Crippen LogP contribution is 2.20. The van der Waals surface area contributed by atoms with E-state index in [0.29, 0.717) is 15.9 Å². The molecule has 0 radical (unpaired) electrons. The van der Waals surface area contributed by atoms with E-state index in [1.54, 1.807) is 0 Å². The number of aromatic nitrogens is 4. The first-order valence-electron chi connectivity index (χ1n) is 4.33. The molecule has 0 unspecified atom stereocenters. The Hall–Kier alpha value is -1.86. The first kappa shape index (κ1) is 11.6. The standard InChI is InChI=1S/C8H6Cl2N6O/c9-4-1-5(10)8(12-2-4)16-3-13-7(14-16)6(11)15-17/h1-3,17H,(H2,11,15). The largest absolute Gasteiger partial charge is 0.409 e. The highest BCUT2D eigenvalue weighted by Gasteiger charge is 2.10. The van der Waals surface area contributed by atoms with Crippen molar-refractivity contribution in [3.8, 4) is 5.82 Å². The summed E-state index contributed by atoms with van der Waals surface area (Å²) < 4.78 is 1.30. The topological polar surface area (TPSA) is 102 Å². The van der Waals surface area contributed by atoms with Gasteiger partial charge in [0.2, 0.25) is 11.7 Å². The number of hydrogen-bond acceptors (Lipinski definition) is 5. The third-order valence-corrected chi connectivity index (χ3v) is 2.32. The molecule has 88 valence electrons. The zero-order valence-electron chi connectivity index (χ0n) is 8.25. The molecule has 0 aliphatic rings. The van der Waals surface area contributed by atoms with Crippen molar-refractivity contribution in [1.82, 2.24) is 19.7 Å². The van der Waals surface area contributed by atoms with Crippen LogP contribution in [0.25, 0.3) is 5.82 Å². The summed E-state index contributed by atoms with van der Waals surface area (Å²) in [5, 5.41) is 15.9. The van der Waals surface area contributed by atoms with E-state index in [1.165, 1.54) is 23.3 Å². The molecule has 17 heavy (non-hydrogen) atoms. The molecule has 2 aromatic heterocycles. The van der Waals surface area contributed by atoms with Crippen LogP contribution in [0.4, 0.5) is 0 Å². The van der Waals surface area contributed by atoms with Gasteiger partial charge >= 0.3 is 0 Å². The van der Waals surface area contributed by atoms with E-state index in [4.69, 9.17) is 34.1 Å². The molecule has 0 saturated carbocycles. The Bertz CT molecular complexity index is 581. The van der Waals surface area contributed by atoms with E-state index in [2.05, 4.69) is 20.2 Å². The van der Waals surface area contributed by atoms with Gasteiger partial charge in [-0.05, 0) is 6.07 Å². The quantitative estimate of drug-likeness (QED) is 0.368. The van der Waals surface area contributed by atoms with E-state index >= 15 is 0 Å². The molecule has 9 heteroatoms. The third-order valence-electron chi connectivity index (χ3n) is 1.83. The Balaban J connectivity index is 2.44. The normalized spacial score (nSPS) is 11.8. The Morgan fingerprint density at radius 2 is 2.18 bits per heavy atom. The Morgan fingerprint density at radius 1 is 1.41 bits per heavy atom. The Labute approximate surface area is 105 Å². The summed E-state index contributed by atoms with van der Waals surface area (Å²) in [6.45, 7) is 0. The van der Waals surface area contributed by atoms with Gasteiger partial charge in [0.15, 0.2) is 5.82 Å². The molecule has 0 aliphatic carbocycles. The molecule has 7 nitrogen and oxygen atoms in total. The summed E-state index contributed by atoms with van der Waals surface area (Å²) in [6.07, 6.45) is 2.77. The van der Waals surface area contributed by atoms with Gasteiger partial charge in [0.25, 0.3) is 0 Å². The first-order chi connectivity index (χ1) is 8.11. The molecule has 0 atom stereocenters. The molecule has 0 spiro atoms. The number of hydrogen-bond donors (Lipinski definition) is 2. The third kappa shape index (κ3) is 2.29. The second-order valence-corrected chi connectivity index (χ2v) is 3.80. The number of nitrogens with two attached hydrogens (primary N) is 1. The SMILES string of the molecule is N/C(=N/O)c1ncn(-c2ncc(Cl)cc2Cl)n1. The Morgan fingerprint density at radius 3 is 2.82 bits per heavy atom. The van der Waals surface area contributed by atoms with Crippen LogP contribution in [0.5, 0.6) is 0 Å². The van der Waals surface area contributed by atoms with Gasteiger partial charge in [-0.1, -0.05) is 28.4 Å². The fraction of sp³-hybridized carbons (Fsp3) is 0. The Kier molecular flexibility index (Phi) is 3.12. The summed E-state index contributed by atoms with van der Waals surface area (Å²) >= 11 is 11.7. The van der Waals surface area contributed by atoms with Gasteiger partial charge in [-0.15, -0.1) is 5.10 Å². The van der Waals surface area contributed by atoms with Crippen molar-refractivity contribution in [2.75, 3.05) is 0 Å². The molecule has 2 heterocycles. The van der Waals surface area contributed by atoms with Gasteiger partial charge in [0.1, 0.15) is 6.33 Å². The summed E-state index contributed by atoms with van der Waals surface area (Å²) in [6, 6.07) is 1.52. The number of halogens is 2. The second-order valence-electron chi connectivity index (χ2n) is 2.96. The lowest BCUT2D eigenvalue weighted by Crippen LogP contribution is -2.15. The highest BCUT2D eigenvalue weighted by atomic mass is 35.5. The summed E-state index contributed by atoms with van der Waals surface area (Å²) in [7, 11) is 0. The zero-order valence-corrected chi connectivity index (χ0v) is 9.76. The van der Waals surface area contributed by atoms with Crippen molar-refractivity contribution in [2.24, 2.45) is 10.9 Å². The molecule has 0 amide bonds. The van der Waals surface area contributed by atoms with Crippen molar-refractivity contribution in [3.05, 3.63) is 34.5 Å². The predicted molar refractivity (Wildman–Crippen MR) is 61.7 cm³/mol. The van der Waals surface area contributed by atoms with Gasteiger partial charge in [-0.2, -0.15) is 0 Å². The number of pyridine rings is 1. The van der Waals surface area contributed by atoms with E-state index in [1.807, 2.05) is 0 Å². The summed E-state index contributed by atoms with van der Waals surface area (Å²) in [5.41, 5.74) is 5.34. The molecule has 0 aromatic carbocycles. The molecular weight excluding hydrogens is 267 g/mol. The van der Waals surface area contributed by atoms with Crippen LogP contribution in [0.1, 0.15) is 5.82 Å². The zero-order chi connectivity index (χ0) is 12.4. The molecule has 0 fully saturated rings. The number of rotatable bonds is 2. The summed E-state index contributed by atoms with van der Waals surface area (Å²) in [4.78, 5) is 7.83. The van der Waals surface area contributed by atoms with Crippen LogP contribution < -0.4 is 5.73 Å². The number of amidine groups is 1. The fourth-order valence-electron chi connectivity index (χ4n) is 1.10. The fourth-order valence-corrected chi connectivity index (χ4v) is 1.57. The lowest BCUT2D eigenvalue weighted by atomic mass is 10.4. The van der Waals surface area contributed by atoms with Crippen molar-refractivity contribution in [3.63, 3.8) is 0 Å².